The summed E-state index contributed by atoms with van der Waals surface area (Å²) < 4.78 is 1.77. The molecule has 0 aliphatic rings. The number of nitrogens with zero attached hydrogens (tertiary/aromatic N) is 1. The van der Waals surface area contributed by atoms with Crippen molar-refractivity contribution >= 4 is 56.0 Å². The monoisotopic (exact) mass is 363 g/mol. The maximum absolute atomic E-state index is 12.0. The van der Waals surface area contributed by atoms with E-state index in [0.29, 0.717) is 6.54 Å². The molecule has 18 heavy (non-hydrogen) atoms. The van der Waals surface area contributed by atoms with Gasteiger partial charge in [0, 0.05) is 11.4 Å². The normalized spacial score (nSPS) is 11.1. The molecule has 0 amide bonds. The third-order valence-electron chi connectivity index (χ3n) is 2.32. The maximum Gasteiger partial charge on any atom is 0.186 e. The summed E-state index contributed by atoms with van der Waals surface area (Å²) in [6, 6.07) is 7.63. The number of carbonyl (C=O) groups is 1. The Bertz CT molecular complexity index is 552. The molecule has 0 spiro atoms. The van der Waals surface area contributed by atoms with E-state index in [0.717, 1.165) is 19.5 Å². The molecular weight excluding hydrogens is 354 g/mol. The minimum Gasteiger partial charge on any atom is -0.294 e. The second kappa shape index (κ2) is 6.30. The van der Waals surface area contributed by atoms with E-state index in [2.05, 4.69) is 15.9 Å². The first-order valence-electron chi connectivity index (χ1n) is 5.26. The van der Waals surface area contributed by atoms with Crippen LogP contribution in [0.2, 0.25) is 4.34 Å². The van der Waals surface area contributed by atoms with Gasteiger partial charge >= 0.3 is 0 Å². The van der Waals surface area contributed by atoms with E-state index in [1.165, 1.54) is 16.2 Å². The Morgan fingerprint density at radius 3 is 2.67 bits per heavy atom. The van der Waals surface area contributed by atoms with Crippen molar-refractivity contribution in [3.63, 3.8) is 0 Å². The van der Waals surface area contributed by atoms with Gasteiger partial charge in [-0.25, -0.2) is 0 Å². The fraction of sp³-hybridized carbons (Fsp3) is 0.250. The van der Waals surface area contributed by atoms with Crippen LogP contribution in [-0.4, -0.2) is 24.3 Å². The Kier molecular flexibility index (Phi) is 4.98. The van der Waals surface area contributed by atoms with Crippen LogP contribution in [0, 0.1) is 0 Å². The molecule has 0 aliphatic heterocycles. The van der Waals surface area contributed by atoms with Crippen LogP contribution in [0.15, 0.2) is 28.1 Å². The van der Waals surface area contributed by atoms with Gasteiger partial charge in [0.1, 0.15) is 0 Å². The van der Waals surface area contributed by atoms with Crippen molar-refractivity contribution in [1.82, 2.24) is 4.90 Å². The molecule has 2 nitrogen and oxygen atoms in total. The van der Waals surface area contributed by atoms with Crippen molar-refractivity contribution in [2.24, 2.45) is 0 Å². The van der Waals surface area contributed by atoms with Crippen LogP contribution in [0.25, 0.3) is 0 Å². The van der Waals surface area contributed by atoms with Crippen molar-refractivity contribution in [3.8, 4) is 0 Å². The van der Waals surface area contributed by atoms with Gasteiger partial charge in [-0.2, -0.15) is 0 Å². The number of thiophene rings is 2. The van der Waals surface area contributed by atoms with Crippen LogP contribution in [0.4, 0.5) is 0 Å². The van der Waals surface area contributed by atoms with E-state index >= 15 is 0 Å². The zero-order chi connectivity index (χ0) is 13.1. The minimum atomic E-state index is 0.149. The van der Waals surface area contributed by atoms with Gasteiger partial charge in [0.05, 0.1) is 19.5 Å². The summed E-state index contributed by atoms with van der Waals surface area (Å²) >= 11 is 12.3. The van der Waals surface area contributed by atoms with E-state index in [1.807, 2.05) is 36.2 Å². The predicted octanol–water partition coefficient (Wildman–Crippen LogP) is 4.54. The van der Waals surface area contributed by atoms with Crippen molar-refractivity contribution in [2.75, 3.05) is 13.6 Å². The lowest BCUT2D eigenvalue weighted by Gasteiger charge is -2.13. The Morgan fingerprint density at radius 1 is 1.33 bits per heavy atom. The van der Waals surface area contributed by atoms with Gasteiger partial charge in [-0.15, -0.1) is 22.7 Å². The van der Waals surface area contributed by atoms with Gasteiger partial charge in [0.15, 0.2) is 5.78 Å². The summed E-state index contributed by atoms with van der Waals surface area (Å²) in [6.45, 7) is 1.16. The molecule has 0 aliphatic carbocycles. The van der Waals surface area contributed by atoms with Gasteiger partial charge in [-0.1, -0.05) is 11.6 Å². The Morgan fingerprint density at radius 2 is 2.11 bits per heavy atom. The van der Waals surface area contributed by atoms with Crippen LogP contribution < -0.4 is 0 Å². The molecular formula is C12H11BrClNOS2. The number of halogens is 2. The Labute approximate surface area is 127 Å². The van der Waals surface area contributed by atoms with Crippen molar-refractivity contribution in [1.29, 1.82) is 0 Å². The topological polar surface area (TPSA) is 20.3 Å². The molecule has 0 unspecified atom stereocenters. The molecule has 0 bridgehead atoms. The molecule has 2 heterocycles. The molecule has 6 heteroatoms. The largest absolute Gasteiger partial charge is 0.294 e. The number of carbonyl (C=O) groups excluding carboxylic acids is 1. The minimum absolute atomic E-state index is 0.149. The number of hydrogen-bond donors (Lipinski definition) is 0. The van der Waals surface area contributed by atoms with Gasteiger partial charge in [-0.05, 0) is 47.2 Å². The lowest BCUT2D eigenvalue weighted by atomic mass is 10.3. The van der Waals surface area contributed by atoms with Crippen molar-refractivity contribution in [2.45, 2.75) is 6.54 Å². The first-order valence-corrected chi connectivity index (χ1v) is 8.06. The molecule has 0 fully saturated rings. The average Bonchev–Trinajstić information content (AvgIpc) is 2.87. The first kappa shape index (κ1) is 14.2. The van der Waals surface area contributed by atoms with E-state index in [4.69, 9.17) is 11.6 Å². The highest BCUT2D eigenvalue weighted by atomic mass is 79.9. The van der Waals surface area contributed by atoms with Crippen molar-refractivity contribution in [3.05, 3.63) is 42.1 Å². The third kappa shape index (κ3) is 3.90. The molecule has 0 saturated heterocycles. The van der Waals surface area contributed by atoms with Crippen LogP contribution in [-0.2, 0) is 6.54 Å². The smallest absolute Gasteiger partial charge is 0.186 e. The van der Waals surface area contributed by atoms with E-state index in [1.54, 1.807) is 11.3 Å². The van der Waals surface area contributed by atoms with Crippen LogP contribution >= 0.6 is 50.2 Å². The highest BCUT2D eigenvalue weighted by molar-refractivity contribution is 9.11. The van der Waals surface area contributed by atoms with Crippen molar-refractivity contribution < 1.29 is 4.79 Å². The number of ketones is 1. The predicted molar refractivity (Wildman–Crippen MR) is 82.0 cm³/mol. The summed E-state index contributed by atoms with van der Waals surface area (Å²) in [5.74, 6) is 0.149. The van der Waals surface area contributed by atoms with E-state index < -0.39 is 0 Å². The molecule has 0 saturated carbocycles. The van der Waals surface area contributed by atoms with Crippen LogP contribution in [0.5, 0.6) is 0 Å². The van der Waals surface area contributed by atoms with Crippen LogP contribution in [0.3, 0.4) is 0 Å². The fourth-order valence-electron chi connectivity index (χ4n) is 1.55. The molecule has 2 rings (SSSR count). The summed E-state index contributed by atoms with van der Waals surface area (Å²) in [5.41, 5.74) is 0. The molecule has 96 valence electrons. The fourth-order valence-corrected chi connectivity index (χ4v) is 4.03. The second-order valence-corrected chi connectivity index (χ2v) is 8.17. The van der Waals surface area contributed by atoms with Gasteiger partial charge < -0.3 is 0 Å². The number of Topliss-reactive ketones (excluding diaryl/α,β-unsaturated/α-hetero) is 1. The van der Waals surface area contributed by atoms with E-state index in [-0.39, 0.29) is 5.78 Å². The lowest BCUT2D eigenvalue weighted by molar-refractivity contribution is 0.0947. The van der Waals surface area contributed by atoms with Crippen LogP contribution in [0.1, 0.15) is 14.5 Å². The maximum atomic E-state index is 12.0. The SMILES string of the molecule is CN(CC(=O)c1ccc(Br)s1)Cc1ccc(Cl)s1. The zero-order valence-corrected chi connectivity index (χ0v) is 13.6. The summed E-state index contributed by atoms with van der Waals surface area (Å²) in [5, 5.41) is 0. The quantitative estimate of drug-likeness (QED) is 0.726. The Hall–Kier alpha value is -0.200. The third-order valence-corrected chi connectivity index (χ3v) is 5.20. The molecule has 2 aromatic heterocycles. The molecule has 2 aromatic rings. The van der Waals surface area contributed by atoms with Gasteiger partial charge in [0.25, 0.3) is 0 Å². The number of rotatable bonds is 5. The zero-order valence-electron chi connectivity index (χ0n) is 9.65. The number of hydrogen-bond acceptors (Lipinski definition) is 4. The standard InChI is InChI=1S/C12H11BrClNOS2/c1-15(6-8-2-5-12(14)17-8)7-9(16)10-3-4-11(13)18-10/h2-5H,6-7H2,1H3. The number of likely N-dealkylation sites (N-methyl/N-ethyl adjacent to an activating group) is 1. The highest BCUT2D eigenvalue weighted by Gasteiger charge is 2.12. The molecule has 0 N–H and O–H groups in total. The molecule has 0 aromatic carbocycles. The highest BCUT2D eigenvalue weighted by Crippen LogP contribution is 2.24. The summed E-state index contributed by atoms with van der Waals surface area (Å²) in [4.78, 5) is 15.9. The van der Waals surface area contributed by atoms with E-state index in [9.17, 15) is 4.79 Å². The lowest BCUT2D eigenvalue weighted by Crippen LogP contribution is -2.24. The molecule has 0 radical (unpaired) electrons. The van der Waals surface area contributed by atoms with Gasteiger partial charge in [-0.3, -0.25) is 9.69 Å². The average molecular weight is 365 g/mol. The second-order valence-electron chi connectivity index (χ2n) is 3.91. The molecule has 0 atom stereocenters. The first-order chi connectivity index (χ1) is 8.54. The Balaban J connectivity index is 1.91. The summed E-state index contributed by atoms with van der Waals surface area (Å²) in [6.07, 6.45) is 0. The summed E-state index contributed by atoms with van der Waals surface area (Å²) in [7, 11) is 1.94. The van der Waals surface area contributed by atoms with Gasteiger partial charge in [0.2, 0.25) is 0 Å².